The Morgan fingerprint density at radius 2 is 2.10 bits per heavy atom. The number of rotatable bonds is 7. The molecule has 1 aromatic rings. The molecule has 1 aromatic carbocycles. The predicted molar refractivity (Wildman–Crippen MR) is 86.7 cm³/mol. The molecular weight excluding hydrogens is 262 g/mol. The number of nitrogens with one attached hydrogen (secondary N) is 1. The van der Waals surface area contributed by atoms with Gasteiger partial charge in [-0.15, -0.1) is 0 Å². The van der Waals surface area contributed by atoms with Crippen LogP contribution in [0.4, 0.5) is 0 Å². The van der Waals surface area contributed by atoms with E-state index in [4.69, 9.17) is 9.47 Å². The lowest BCUT2D eigenvalue weighted by molar-refractivity contribution is -0.0932. The third-order valence-corrected chi connectivity index (χ3v) is 4.59. The van der Waals surface area contributed by atoms with E-state index in [1.54, 1.807) is 0 Å². The Morgan fingerprint density at radius 3 is 2.81 bits per heavy atom. The van der Waals surface area contributed by atoms with E-state index in [9.17, 15) is 0 Å². The first kappa shape index (κ1) is 16.3. The Hall–Kier alpha value is -1.06. The van der Waals surface area contributed by atoms with E-state index in [1.165, 1.54) is 5.56 Å². The Kier molecular flexibility index (Phi) is 6.07. The molecule has 1 aliphatic rings. The van der Waals surface area contributed by atoms with Crippen molar-refractivity contribution >= 4 is 0 Å². The minimum atomic E-state index is 0.0864. The Labute approximate surface area is 129 Å². The van der Waals surface area contributed by atoms with Crippen LogP contribution < -0.4 is 10.1 Å². The molecular formula is C18H29NO2. The molecule has 0 bridgehead atoms. The molecule has 1 fully saturated rings. The van der Waals surface area contributed by atoms with Crippen molar-refractivity contribution in [2.75, 3.05) is 13.2 Å². The summed E-state index contributed by atoms with van der Waals surface area (Å²) in [5, 5.41) is 3.70. The summed E-state index contributed by atoms with van der Waals surface area (Å²) >= 11 is 0. The molecule has 0 aromatic heterocycles. The molecule has 1 saturated heterocycles. The Morgan fingerprint density at radius 1 is 1.29 bits per heavy atom. The summed E-state index contributed by atoms with van der Waals surface area (Å²) in [6.45, 7) is 8.97. The van der Waals surface area contributed by atoms with Gasteiger partial charge in [0, 0.05) is 19.2 Å². The van der Waals surface area contributed by atoms with Crippen molar-refractivity contribution < 1.29 is 9.47 Å². The van der Waals surface area contributed by atoms with Crippen LogP contribution in [0.25, 0.3) is 0 Å². The van der Waals surface area contributed by atoms with E-state index in [0.29, 0.717) is 12.6 Å². The molecule has 0 aliphatic carbocycles. The zero-order valence-electron chi connectivity index (χ0n) is 13.7. The monoisotopic (exact) mass is 291 g/mol. The SMILES string of the molecule is CCOc1cccc(CNC2CCOC(CC)(CC)C2)c1. The van der Waals surface area contributed by atoms with Crippen LogP contribution in [0.1, 0.15) is 52.0 Å². The Balaban J connectivity index is 1.89. The van der Waals surface area contributed by atoms with Gasteiger partial charge in [0.05, 0.1) is 12.2 Å². The number of hydrogen-bond donors (Lipinski definition) is 1. The van der Waals surface area contributed by atoms with E-state index in [-0.39, 0.29) is 5.60 Å². The van der Waals surface area contributed by atoms with Gasteiger partial charge in [0.2, 0.25) is 0 Å². The van der Waals surface area contributed by atoms with Gasteiger partial charge in [0.15, 0.2) is 0 Å². The maximum Gasteiger partial charge on any atom is 0.119 e. The van der Waals surface area contributed by atoms with Crippen LogP contribution in [-0.4, -0.2) is 24.9 Å². The van der Waals surface area contributed by atoms with Gasteiger partial charge >= 0.3 is 0 Å². The van der Waals surface area contributed by atoms with Crippen LogP contribution in [-0.2, 0) is 11.3 Å². The van der Waals surface area contributed by atoms with Gasteiger partial charge in [0.1, 0.15) is 5.75 Å². The lowest BCUT2D eigenvalue weighted by atomic mass is 9.86. The summed E-state index contributed by atoms with van der Waals surface area (Å²) < 4.78 is 11.6. The number of ether oxygens (including phenoxy) is 2. The van der Waals surface area contributed by atoms with Crippen molar-refractivity contribution in [2.24, 2.45) is 0 Å². The first-order chi connectivity index (χ1) is 10.2. The number of benzene rings is 1. The average molecular weight is 291 g/mol. The van der Waals surface area contributed by atoms with Gasteiger partial charge < -0.3 is 14.8 Å². The van der Waals surface area contributed by atoms with Crippen LogP contribution in [0.3, 0.4) is 0 Å². The lowest BCUT2D eigenvalue weighted by Gasteiger charge is -2.40. The molecule has 2 rings (SSSR count). The molecule has 3 heteroatoms. The summed E-state index contributed by atoms with van der Waals surface area (Å²) in [5.41, 5.74) is 1.37. The molecule has 0 radical (unpaired) electrons. The van der Waals surface area contributed by atoms with Gasteiger partial charge in [-0.1, -0.05) is 26.0 Å². The molecule has 1 aliphatic heterocycles. The smallest absolute Gasteiger partial charge is 0.119 e. The van der Waals surface area contributed by atoms with Gasteiger partial charge in [-0.25, -0.2) is 0 Å². The Bertz CT molecular complexity index is 429. The molecule has 3 nitrogen and oxygen atoms in total. The molecule has 0 amide bonds. The van der Waals surface area contributed by atoms with Crippen LogP contribution in [0, 0.1) is 0 Å². The fourth-order valence-corrected chi connectivity index (χ4v) is 3.12. The minimum Gasteiger partial charge on any atom is -0.494 e. The first-order valence-electron chi connectivity index (χ1n) is 8.30. The van der Waals surface area contributed by atoms with E-state index in [0.717, 1.165) is 44.6 Å². The largest absolute Gasteiger partial charge is 0.494 e. The van der Waals surface area contributed by atoms with Crippen molar-refractivity contribution in [3.05, 3.63) is 29.8 Å². The third-order valence-electron chi connectivity index (χ3n) is 4.59. The molecule has 1 heterocycles. The molecule has 21 heavy (non-hydrogen) atoms. The second-order valence-electron chi connectivity index (χ2n) is 5.89. The first-order valence-corrected chi connectivity index (χ1v) is 8.30. The van der Waals surface area contributed by atoms with Gasteiger partial charge in [-0.3, -0.25) is 0 Å². The lowest BCUT2D eigenvalue weighted by Crippen LogP contribution is -2.46. The average Bonchev–Trinajstić information content (AvgIpc) is 2.54. The summed E-state index contributed by atoms with van der Waals surface area (Å²) in [6, 6.07) is 8.91. The highest BCUT2D eigenvalue weighted by atomic mass is 16.5. The maximum atomic E-state index is 6.04. The molecule has 118 valence electrons. The van der Waals surface area contributed by atoms with Crippen molar-refractivity contribution in [1.82, 2.24) is 5.32 Å². The van der Waals surface area contributed by atoms with Crippen molar-refractivity contribution in [2.45, 2.75) is 64.6 Å². The van der Waals surface area contributed by atoms with Crippen LogP contribution in [0.2, 0.25) is 0 Å². The molecule has 1 unspecified atom stereocenters. The molecule has 0 spiro atoms. The highest BCUT2D eigenvalue weighted by molar-refractivity contribution is 5.28. The topological polar surface area (TPSA) is 30.5 Å². The van der Waals surface area contributed by atoms with E-state index in [1.807, 2.05) is 13.0 Å². The van der Waals surface area contributed by atoms with Crippen LogP contribution in [0.5, 0.6) is 5.75 Å². The predicted octanol–water partition coefficient (Wildman–Crippen LogP) is 3.91. The van der Waals surface area contributed by atoms with Crippen LogP contribution in [0.15, 0.2) is 24.3 Å². The van der Waals surface area contributed by atoms with Crippen LogP contribution >= 0.6 is 0 Å². The normalized spacial score (nSPS) is 21.2. The van der Waals surface area contributed by atoms with Gasteiger partial charge in [0.25, 0.3) is 0 Å². The highest BCUT2D eigenvalue weighted by Gasteiger charge is 2.34. The summed E-state index contributed by atoms with van der Waals surface area (Å²) in [4.78, 5) is 0. The van der Waals surface area contributed by atoms with E-state index < -0.39 is 0 Å². The second kappa shape index (κ2) is 7.81. The van der Waals surface area contributed by atoms with Gasteiger partial charge in [-0.2, -0.15) is 0 Å². The van der Waals surface area contributed by atoms with Crippen molar-refractivity contribution in [3.63, 3.8) is 0 Å². The van der Waals surface area contributed by atoms with E-state index in [2.05, 4.69) is 37.4 Å². The second-order valence-corrected chi connectivity index (χ2v) is 5.89. The van der Waals surface area contributed by atoms with Crippen molar-refractivity contribution in [3.8, 4) is 5.75 Å². The summed E-state index contributed by atoms with van der Waals surface area (Å²) in [7, 11) is 0. The zero-order chi connectivity index (χ0) is 15.1. The summed E-state index contributed by atoms with van der Waals surface area (Å²) in [6.07, 6.45) is 4.42. The van der Waals surface area contributed by atoms with E-state index >= 15 is 0 Å². The quantitative estimate of drug-likeness (QED) is 0.826. The van der Waals surface area contributed by atoms with Crippen molar-refractivity contribution in [1.29, 1.82) is 0 Å². The summed E-state index contributed by atoms with van der Waals surface area (Å²) in [5.74, 6) is 0.959. The third kappa shape index (κ3) is 4.45. The highest BCUT2D eigenvalue weighted by Crippen LogP contribution is 2.31. The molecule has 0 saturated carbocycles. The fourth-order valence-electron chi connectivity index (χ4n) is 3.12. The molecule has 1 atom stereocenters. The maximum absolute atomic E-state index is 6.04. The zero-order valence-corrected chi connectivity index (χ0v) is 13.7. The minimum absolute atomic E-state index is 0.0864. The van der Waals surface area contributed by atoms with Gasteiger partial charge in [-0.05, 0) is 50.3 Å². The molecule has 1 N–H and O–H groups in total. The standard InChI is InChI=1S/C18H29NO2/c1-4-18(5-2)13-16(10-11-21-18)19-14-15-8-7-9-17(12-15)20-6-3/h7-9,12,16,19H,4-6,10-11,13-14H2,1-3H3. The number of hydrogen-bond acceptors (Lipinski definition) is 3. The fraction of sp³-hybridized carbons (Fsp3) is 0.667.